The van der Waals surface area contributed by atoms with Gasteiger partial charge in [0.2, 0.25) is 0 Å². The van der Waals surface area contributed by atoms with Gasteiger partial charge in [0.25, 0.3) is 0 Å². The minimum Gasteiger partial charge on any atom is -0.400 e. The van der Waals surface area contributed by atoms with E-state index in [0.29, 0.717) is 6.42 Å². The van der Waals surface area contributed by atoms with Crippen molar-refractivity contribution in [3.63, 3.8) is 0 Å². The van der Waals surface area contributed by atoms with Gasteiger partial charge in [0, 0.05) is 97.7 Å². The average Bonchev–Trinajstić information content (AvgIpc) is 2.35. The number of rotatable bonds is 3. The van der Waals surface area contributed by atoms with E-state index in [1.165, 1.54) is 0 Å². The molecular weight excluding hydrogens is 812 g/mol. The molecule has 0 fully saturated rings. The van der Waals surface area contributed by atoms with Crippen LogP contribution in [0.2, 0.25) is 0 Å². The van der Waals surface area contributed by atoms with Crippen LogP contribution in [-0.2, 0) is 63.2 Å². The first kappa shape index (κ1) is 101. The molecule has 8 heteroatoms. The molecule has 0 heterocycles. The maximum atomic E-state index is 8.56. The number of hydrogen-bond donors (Lipinski definition) is 5. The first-order valence-corrected chi connectivity index (χ1v) is 4.10. The molecule has 5 N–H and O–H groups in total. The Labute approximate surface area is 192 Å². The molecule has 0 saturated carbocycles. The Morgan fingerprint density at radius 1 is 0.609 bits per heavy atom. The zero-order valence-corrected chi connectivity index (χ0v) is 19.6. The molecule has 0 aliphatic heterocycles. The molecular formula is C15H49O5W3-. The largest absolute Gasteiger partial charge is 0.400 e. The minimum atomic E-state index is -0.514. The Morgan fingerprint density at radius 3 is 0.739 bits per heavy atom. The van der Waals surface area contributed by atoms with Crippen LogP contribution in [0.25, 0.3) is 0 Å². The molecule has 23 heavy (non-hydrogen) atoms. The molecule has 0 spiro atoms. The second-order valence-corrected chi connectivity index (χ2v) is 2.17. The van der Waals surface area contributed by atoms with Gasteiger partial charge < -0.3 is 32.5 Å². The van der Waals surface area contributed by atoms with Gasteiger partial charge in [-0.05, 0) is 0 Å². The van der Waals surface area contributed by atoms with E-state index in [9.17, 15) is 0 Å². The molecule has 0 saturated heterocycles. The smallest absolute Gasteiger partial charge is 0.0319 e. The summed E-state index contributed by atoms with van der Waals surface area (Å²) in [5.41, 5.74) is -0.514. The van der Waals surface area contributed by atoms with Crippen LogP contribution in [0.3, 0.4) is 0 Å². The second-order valence-electron chi connectivity index (χ2n) is 2.17. The average molecular weight is 861 g/mol. The van der Waals surface area contributed by atoms with Gasteiger partial charge in [-0.1, -0.05) is 57.9 Å². The normalized spacial score (nSPS) is 4.96. The number of aliphatic hydroxyl groups excluding tert-OH is 5. The summed E-state index contributed by atoms with van der Waals surface area (Å²) in [5.74, 6) is 0. The van der Waals surface area contributed by atoms with Gasteiger partial charge in [-0.25, -0.2) is 0 Å². The summed E-state index contributed by atoms with van der Waals surface area (Å²) in [4.78, 5) is 0. The van der Waals surface area contributed by atoms with Crippen LogP contribution < -0.4 is 0 Å². The molecule has 0 aromatic rings. The first-order chi connectivity index (χ1) is 6.68. The number of aliphatic hydroxyl groups is 5. The van der Waals surface area contributed by atoms with E-state index in [2.05, 4.69) is 6.92 Å². The van der Waals surface area contributed by atoms with Crippen molar-refractivity contribution in [1.29, 1.82) is 0 Å². The molecule has 0 aliphatic rings. The SMILES string of the molecule is C.C.C.C.C.C.CO.CO.CO.[CH2-]C(CC)(CO)CO.[W].[W].[W]. The van der Waals surface area contributed by atoms with Crippen LogP contribution >= 0.6 is 0 Å². The zero-order chi connectivity index (χ0) is 12.6. The van der Waals surface area contributed by atoms with Gasteiger partial charge in [-0.3, -0.25) is 0 Å². The van der Waals surface area contributed by atoms with Crippen molar-refractivity contribution in [2.24, 2.45) is 5.41 Å². The van der Waals surface area contributed by atoms with Crippen LogP contribution in [0.5, 0.6) is 0 Å². The molecule has 0 bridgehead atoms. The summed E-state index contributed by atoms with van der Waals surface area (Å²) in [7, 11) is 3.00. The summed E-state index contributed by atoms with van der Waals surface area (Å²) >= 11 is 0. The van der Waals surface area contributed by atoms with E-state index in [0.717, 1.165) is 21.3 Å². The summed E-state index contributed by atoms with van der Waals surface area (Å²) in [6.07, 6.45) is 0.708. The van der Waals surface area contributed by atoms with Gasteiger partial charge in [0.15, 0.2) is 0 Å². The maximum absolute atomic E-state index is 8.56. The monoisotopic (exact) mass is 861 g/mol. The van der Waals surface area contributed by atoms with Gasteiger partial charge in [-0.2, -0.15) is 0 Å². The standard InChI is InChI=1S/C6H13O2.3CH4O.6CH4.3W/c1-3-6(2,4-7)5-8;3*1-2;;;;;;;;;/h7-8H,2-5H2,1H3;3*2H,1H3;6*1H4;;;/q-1;;;;;;;;;;;;. The van der Waals surface area contributed by atoms with E-state index >= 15 is 0 Å². The van der Waals surface area contributed by atoms with E-state index in [4.69, 9.17) is 25.5 Å². The second kappa shape index (κ2) is 106. The van der Waals surface area contributed by atoms with Crippen LogP contribution in [-0.4, -0.2) is 60.1 Å². The molecule has 0 rings (SSSR count). The predicted octanol–water partition coefficient (Wildman–Crippen LogP) is 2.84. The summed E-state index contributed by atoms with van der Waals surface area (Å²) < 4.78 is 0. The molecule has 0 radical (unpaired) electrons. The summed E-state index contributed by atoms with van der Waals surface area (Å²) in [6, 6.07) is 0. The van der Waals surface area contributed by atoms with Crippen molar-refractivity contribution in [3.8, 4) is 0 Å². The molecule has 5 nitrogen and oxygen atoms in total. The Hall–Kier alpha value is 1.86. The Morgan fingerprint density at radius 2 is 0.739 bits per heavy atom. The molecule has 0 aliphatic carbocycles. The van der Waals surface area contributed by atoms with Gasteiger partial charge in [0.1, 0.15) is 0 Å². The van der Waals surface area contributed by atoms with E-state index in [1.54, 1.807) is 0 Å². The fraction of sp³-hybridized carbons (Fsp3) is 0.933. The molecule has 0 unspecified atom stereocenters. The van der Waals surface area contributed by atoms with E-state index in [-0.39, 0.29) is 121 Å². The Bertz CT molecular complexity index is 71.9. The van der Waals surface area contributed by atoms with E-state index < -0.39 is 5.41 Å². The third-order valence-corrected chi connectivity index (χ3v) is 1.42. The van der Waals surface area contributed by atoms with Crippen molar-refractivity contribution in [1.82, 2.24) is 0 Å². The van der Waals surface area contributed by atoms with E-state index in [1.807, 2.05) is 6.92 Å². The summed E-state index contributed by atoms with van der Waals surface area (Å²) in [6.45, 7) is 5.43. The third kappa shape index (κ3) is 96.7. The molecule has 0 aromatic heterocycles. The summed E-state index contributed by atoms with van der Waals surface area (Å²) in [5, 5.41) is 38.1. The van der Waals surface area contributed by atoms with Gasteiger partial charge in [0.05, 0.1) is 0 Å². The molecule has 158 valence electrons. The topological polar surface area (TPSA) is 101 Å². The molecule has 0 aromatic carbocycles. The molecule has 0 atom stereocenters. The van der Waals surface area contributed by atoms with Crippen molar-refractivity contribution in [2.45, 2.75) is 57.9 Å². The van der Waals surface area contributed by atoms with Gasteiger partial charge >= 0.3 is 0 Å². The fourth-order valence-corrected chi connectivity index (χ4v) is 0.274. The maximum Gasteiger partial charge on any atom is 0.0319 e. The zero-order valence-electron chi connectivity index (χ0n) is 10.8. The Balaban J connectivity index is -0.00000000554. The van der Waals surface area contributed by atoms with Crippen molar-refractivity contribution in [2.75, 3.05) is 34.5 Å². The minimum absolute atomic E-state index is 0. The van der Waals surface area contributed by atoms with Gasteiger partial charge in [-0.15, -0.1) is 5.41 Å². The predicted molar refractivity (Wildman–Crippen MR) is 97.1 cm³/mol. The van der Waals surface area contributed by atoms with Crippen LogP contribution in [0.15, 0.2) is 0 Å². The first-order valence-electron chi connectivity index (χ1n) is 4.10. The Kier molecular flexibility index (Phi) is 462. The van der Waals surface area contributed by atoms with Crippen molar-refractivity contribution in [3.05, 3.63) is 6.92 Å². The molecule has 0 amide bonds. The van der Waals surface area contributed by atoms with Crippen molar-refractivity contribution < 1.29 is 88.7 Å². The van der Waals surface area contributed by atoms with Crippen LogP contribution in [0.1, 0.15) is 57.9 Å². The van der Waals surface area contributed by atoms with Crippen LogP contribution in [0.4, 0.5) is 0 Å². The number of hydrogen-bond acceptors (Lipinski definition) is 5. The quantitative estimate of drug-likeness (QED) is 0.282. The van der Waals surface area contributed by atoms with Crippen molar-refractivity contribution >= 4 is 0 Å². The van der Waals surface area contributed by atoms with Crippen LogP contribution in [0, 0.1) is 12.3 Å². The third-order valence-electron chi connectivity index (χ3n) is 1.42. The fourth-order valence-electron chi connectivity index (χ4n) is 0.274.